The van der Waals surface area contributed by atoms with Crippen LogP contribution in [0.15, 0.2) is 72.8 Å². The number of nitrogens with one attached hydrogen (secondary N) is 3. The predicted molar refractivity (Wildman–Crippen MR) is 128 cm³/mol. The number of hydrogen-bond donors (Lipinski definition) is 3. The molecule has 0 heterocycles. The highest BCUT2D eigenvalue weighted by molar-refractivity contribution is 6.02. The topological polar surface area (TPSA) is 114 Å². The summed E-state index contributed by atoms with van der Waals surface area (Å²) < 4.78 is 4.81. The second-order valence-corrected chi connectivity index (χ2v) is 7.59. The minimum absolute atomic E-state index is 0.383. The minimum atomic E-state index is -0.807. The van der Waals surface area contributed by atoms with Crippen LogP contribution in [0.1, 0.15) is 21.5 Å². The molecule has 8 nitrogen and oxygen atoms in total. The number of ether oxygens (including phenoxy) is 1. The number of carbonyl (C=O) groups is 4. The molecule has 3 N–H and O–H groups in total. The lowest BCUT2D eigenvalue weighted by Crippen LogP contribution is -2.38. The number of benzene rings is 3. The monoisotopic (exact) mass is 459 g/mol. The first-order valence-corrected chi connectivity index (χ1v) is 10.6. The highest BCUT2D eigenvalue weighted by atomic mass is 16.5. The molecule has 8 heteroatoms. The SMILES string of the molecule is Cc1ccc(NC(=O)NC(=O)COC(=O)CNC(=O)c2ccc(-c3ccccc3)cc2)cc1C. The Morgan fingerprint density at radius 3 is 2.15 bits per heavy atom. The molecule has 0 unspecified atom stereocenters. The van der Waals surface area contributed by atoms with E-state index in [0.717, 1.165) is 22.3 Å². The summed E-state index contributed by atoms with van der Waals surface area (Å²) >= 11 is 0. The molecule has 0 atom stereocenters. The molecule has 0 fully saturated rings. The average molecular weight is 460 g/mol. The smallest absolute Gasteiger partial charge is 0.325 e. The number of hydrogen-bond acceptors (Lipinski definition) is 5. The van der Waals surface area contributed by atoms with E-state index in [1.54, 1.807) is 24.3 Å². The van der Waals surface area contributed by atoms with Crippen molar-refractivity contribution in [3.05, 3.63) is 89.5 Å². The number of carbonyl (C=O) groups excluding carboxylic acids is 4. The van der Waals surface area contributed by atoms with Gasteiger partial charge in [-0.15, -0.1) is 0 Å². The second kappa shape index (κ2) is 11.4. The molecule has 0 saturated heterocycles. The maximum absolute atomic E-state index is 12.2. The van der Waals surface area contributed by atoms with Crippen LogP contribution < -0.4 is 16.0 Å². The quantitative estimate of drug-likeness (QED) is 0.467. The van der Waals surface area contributed by atoms with Gasteiger partial charge >= 0.3 is 12.0 Å². The summed E-state index contributed by atoms with van der Waals surface area (Å²) in [5.74, 6) is -2.05. The van der Waals surface area contributed by atoms with Crippen LogP contribution in [0.5, 0.6) is 0 Å². The van der Waals surface area contributed by atoms with Crippen LogP contribution in [0.2, 0.25) is 0 Å². The molecule has 0 bridgehead atoms. The lowest BCUT2D eigenvalue weighted by Gasteiger charge is -2.09. The molecular weight excluding hydrogens is 434 g/mol. The molecule has 174 valence electrons. The molecular formula is C26H25N3O5. The summed E-state index contributed by atoms with van der Waals surface area (Å²) in [5, 5.41) is 7.05. The van der Waals surface area contributed by atoms with Crippen molar-refractivity contribution >= 4 is 29.5 Å². The van der Waals surface area contributed by atoms with Crippen molar-refractivity contribution in [2.45, 2.75) is 13.8 Å². The van der Waals surface area contributed by atoms with Gasteiger partial charge in [0.1, 0.15) is 6.54 Å². The van der Waals surface area contributed by atoms with Gasteiger partial charge < -0.3 is 15.4 Å². The van der Waals surface area contributed by atoms with E-state index in [-0.39, 0.29) is 0 Å². The Labute approximate surface area is 197 Å². The van der Waals surface area contributed by atoms with E-state index >= 15 is 0 Å². The summed E-state index contributed by atoms with van der Waals surface area (Å²) in [6.45, 7) is 2.78. The van der Waals surface area contributed by atoms with Crippen molar-refractivity contribution in [2.24, 2.45) is 0 Å². The average Bonchev–Trinajstić information content (AvgIpc) is 2.84. The van der Waals surface area contributed by atoms with Gasteiger partial charge in [-0.3, -0.25) is 19.7 Å². The molecule has 3 aromatic rings. The molecule has 3 aromatic carbocycles. The molecule has 3 rings (SSSR count). The Morgan fingerprint density at radius 2 is 1.47 bits per heavy atom. The zero-order chi connectivity index (χ0) is 24.5. The molecule has 0 aliphatic heterocycles. The standard InChI is InChI=1S/C26H25N3O5/c1-17-8-13-22(14-18(17)2)28-26(33)29-23(30)16-34-24(31)15-27-25(32)21-11-9-20(10-12-21)19-6-4-3-5-7-19/h3-14H,15-16H2,1-2H3,(H,27,32)(H2,28,29,30,33). The molecule has 0 aliphatic carbocycles. The van der Waals surface area contributed by atoms with Crippen LogP contribution in [-0.2, 0) is 14.3 Å². The van der Waals surface area contributed by atoms with Crippen molar-refractivity contribution in [3.8, 4) is 11.1 Å². The van der Waals surface area contributed by atoms with Gasteiger partial charge in [0.2, 0.25) is 0 Å². The fourth-order valence-electron chi connectivity index (χ4n) is 3.04. The van der Waals surface area contributed by atoms with Gasteiger partial charge in [0.05, 0.1) is 0 Å². The lowest BCUT2D eigenvalue weighted by atomic mass is 10.0. The van der Waals surface area contributed by atoms with Crippen LogP contribution in [0.3, 0.4) is 0 Å². The van der Waals surface area contributed by atoms with Crippen LogP contribution in [0.4, 0.5) is 10.5 Å². The largest absolute Gasteiger partial charge is 0.454 e. The maximum atomic E-state index is 12.2. The van der Waals surface area contributed by atoms with E-state index in [2.05, 4.69) is 16.0 Å². The third kappa shape index (κ3) is 7.03. The van der Waals surface area contributed by atoms with Crippen molar-refractivity contribution in [1.82, 2.24) is 10.6 Å². The Balaban J connectivity index is 1.38. The first-order valence-electron chi connectivity index (χ1n) is 10.6. The number of aryl methyl sites for hydroxylation is 2. The van der Waals surface area contributed by atoms with Crippen LogP contribution in [0.25, 0.3) is 11.1 Å². The zero-order valence-corrected chi connectivity index (χ0v) is 18.9. The fourth-order valence-corrected chi connectivity index (χ4v) is 3.04. The Morgan fingerprint density at radius 1 is 0.794 bits per heavy atom. The number of esters is 1. The van der Waals surface area contributed by atoms with Crippen molar-refractivity contribution in [3.63, 3.8) is 0 Å². The third-order valence-electron chi connectivity index (χ3n) is 5.03. The van der Waals surface area contributed by atoms with Gasteiger partial charge in [-0.25, -0.2) is 4.79 Å². The van der Waals surface area contributed by atoms with Gasteiger partial charge in [-0.1, -0.05) is 48.5 Å². The van der Waals surface area contributed by atoms with Crippen molar-refractivity contribution < 1.29 is 23.9 Å². The van der Waals surface area contributed by atoms with Gasteiger partial charge in [0, 0.05) is 11.3 Å². The van der Waals surface area contributed by atoms with E-state index in [1.165, 1.54) is 0 Å². The second-order valence-electron chi connectivity index (χ2n) is 7.59. The lowest BCUT2D eigenvalue weighted by molar-refractivity contribution is -0.147. The van der Waals surface area contributed by atoms with E-state index < -0.39 is 37.0 Å². The highest BCUT2D eigenvalue weighted by Crippen LogP contribution is 2.19. The molecule has 4 amide bonds. The summed E-state index contributed by atoms with van der Waals surface area (Å²) in [6.07, 6.45) is 0. The number of urea groups is 1. The minimum Gasteiger partial charge on any atom is -0.454 e. The van der Waals surface area contributed by atoms with Gasteiger partial charge in [0.25, 0.3) is 11.8 Å². The van der Waals surface area contributed by atoms with Crippen LogP contribution >= 0.6 is 0 Å². The van der Waals surface area contributed by atoms with E-state index in [1.807, 2.05) is 62.4 Å². The Hall–Kier alpha value is -4.46. The normalized spacial score (nSPS) is 10.2. The number of anilines is 1. The van der Waals surface area contributed by atoms with E-state index in [0.29, 0.717) is 11.3 Å². The summed E-state index contributed by atoms with van der Waals surface area (Å²) in [7, 11) is 0. The highest BCUT2D eigenvalue weighted by Gasteiger charge is 2.13. The summed E-state index contributed by atoms with van der Waals surface area (Å²) in [5.41, 5.74) is 4.97. The van der Waals surface area contributed by atoms with Crippen LogP contribution in [0, 0.1) is 13.8 Å². The first-order chi connectivity index (χ1) is 16.3. The fraction of sp³-hybridized carbons (Fsp3) is 0.154. The zero-order valence-electron chi connectivity index (χ0n) is 18.9. The first kappa shape index (κ1) is 24.2. The van der Waals surface area contributed by atoms with Crippen LogP contribution in [-0.4, -0.2) is 37.0 Å². The number of amides is 4. The molecule has 0 saturated carbocycles. The predicted octanol–water partition coefficient (Wildman–Crippen LogP) is 3.59. The molecule has 0 aliphatic rings. The number of imide groups is 1. The summed E-state index contributed by atoms with van der Waals surface area (Å²) in [4.78, 5) is 47.8. The van der Waals surface area contributed by atoms with Gasteiger partial charge in [0.15, 0.2) is 6.61 Å². The van der Waals surface area contributed by atoms with Crippen molar-refractivity contribution in [1.29, 1.82) is 0 Å². The van der Waals surface area contributed by atoms with Gasteiger partial charge in [-0.05, 0) is 60.4 Å². The number of rotatable bonds is 7. The van der Waals surface area contributed by atoms with Gasteiger partial charge in [-0.2, -0.15) is 0 Å². The molecule has 34 heavy (non-hydrogen) atoms. The molecule has 0 radical (unpaired) electrons. The molecule has 0 aromatic heterocycles. The molecule has 0 spiro atoms. The maximum Gasteiger partial charge on any atom is 0.325 e. The Bertz CT molecular complexity index is 1190. The summed E-state index contributed by atoms with van der Waals surface area (Å²) in [6, 6.07) is 21.3. The van der Waals surface area contributed by atoms with E-state index in [4.69, 9.17) is 4.74 Å². The van der Waals surface area contributed by atoms with E-state index in [9.17, 15) is 19.2 Å². The third-order valence-corrected chi connectivity index (χ3v) is 5.03. The van der Waals surface area contributed by atoms with Crippen molar-refractivity contribution in [2.75, 3.05) is 18.5 Å². The Kier molecular flexibility index (Phi) is 8.12.